The first-order valence-corrected chi connectivity index (χ1v) is 4.46. The molecule has 0 aromatic heterocycles. The van der Waals surface area contributed by atoms with Gasteiger partial charge in [0.05, 0.1) is 10.9 Å². The largest absolute Gasteiger partial charge is 0.505 e. The zero-order valence-electron chi connectivity index (χ0n) is 6.35. The van der Waals surface area contributed by atoms with Gasteiger partial charge in [0.25, 0.3) is 0 Å². The number of phenols is 1. The lowest BCUT2D eigenvalue weighted by Gasteiger charge is -2.01. The van der Waals surface area contributed by atoms with E-state index in [1.165, 1.54) is 0 Å². The number of Topliss-reactive ketones (excluding diaryl/α,β-unsaturated/α-hetero) is 1. The lowest BCUT2D eigenvalue weighted by molar-refractivity contribution is 0.101. The Morgan fingerprint density at radius 1 is 1.38 bits per heavy atom. The molecule has 2 nitrogen and oxygen atoms in total. The number of benzene rings is 1. The second-order valence-corrected chi connectivity index (χ2v) is 2.88. The lowest BCUT2D eigenvalue weighted by atomic mass is 10.1. The van der Waals surface area contributed by atoms with E-state index < -0.39 is 23.2 Å². The van der Waals surface area contributed by atoms with Crippen molar-refractivity contribution in [3.05, 3.63) is 29.3 Å². The SMILES string of the molecule is O=C(CBr)c1ccc(O)c(F)c1F. The fraction of sp³-hybridized carbons (Fsp3) is 0.125. The number of hydrogen-bond acceptors (Lipinski definition) is 2. The first-order chi connectivity index (χ1) is 6.07. The molecule has 0 saturated carbocycles. The molecule has 1 rings (SSSR count). The maximum Gasteiger partial charge on any atom is 0.201 e. The van der Waals surface area contributed by atoms with Crippen molar-refractivity contribution in [1.82, 2.24) is 0 Å². The summed E-state index contributed by atoms with van der Waals surface area (Å²) in [6.45, 7) is 0. The van der Waals surface area contributed by atoms with E-state index >= 15 is 0 Å². The number of aromatic hydroxyl groups is 1. The summed E-state index contributed by atoms with van der Waals surface area (Å²) < 4.78 is 25.6. The Labute approximate surface area is 81.3 Å². The van der Waals surface area contributed by atoms with E-state index in [1.807, 2.05) is 0 Å². The molecule has 13 heavy (non-hydrogen) atoms. The molecule has 1 N–H and O–H groups in total. The van der Waals surface area contributed by atoms with Crippen molar-refractivity contribution < 1.29 is 18.7 Å². The number of alkyl halides is 1. The van der Waals surface area contributed by atoms with Crippen LogP contribution in [0.25, 0.3) is 0 Å². The van der Waals surface area contributed by atoms with Crippen molar-refractivity contribution in [2.24, 2.45) is 0 Å². The summed E-state index contributed by atoms with van der Waals surface area (Å²) in [4.78, 5) is 11.0. The molecule has 70 valence electrons. The molecule has 5 heteroatoms. The zero-order chi connectivity index (χ0) is 10.0. The average molecular weight is 251 g/mol. The Balaban J connectivity index is 3.26. The van der Waals surface area contributed by atoms with E-state index in [4.69, 9.17) is 5.11 Å². The predicted octanol–water partition coefficient (Wildman–Crippen LogP) is 2.25. The minimum Gasteiger partial charge on any atom is -0.505 e. The van der Waals surface area contributed by atoms with Crippen molar-refractivity contribution in [2.45, 2.75) is 0 Å². The van der Waals surface area contributed by atoms with E-state index in [9.17, 15) is 13.6 Å². The molecule has 0 heterocycles. The van der Waals surface area contributed by atoms with Crippen LogP contribution in [0, 0.1) is 11.6 Å². The zero-order valence-corrected chi connectivity index (χ0v) is 7.94. The maximum atomic E-state index is 12.9. The Morgan fingerprint density at radius 2 is 2.00 bits per heavy atom. The molecule has 0 aliphatic carbocycles. The fourth-order valence-corrected chi connectivity index (χ4v) is 1.13. The molecule has 0 saturated heterocycles. The minimum atomic E-state index is -1.40. The summed E-state index contributed by atoms with van der Waals surface area (Å²) in [5.41, 5.74) is -0.368. The highest BCUT2D eigenvalue weighted by molar-refractivity contribution is 9.09. The van der Waals surface area contributed by atoms with Gasteiger partial charge >= 0.3 is 0 Å². The molecule has 0 radical (unpaired) electrons. The van der Waals surface area contributed by atoms with Crippen molar-refractivity contribution in [3.8, 4) is 5.75 Å². The van der Waals surface area contributed by atoms with Crippen LogP contribution in [0.15, 0.2) is 12.1 Å². The molecule has 1 aromatic rings. The molecule has 0 bridgehead atoms. The number of rotatable bonds is 2. The quantitative estimate of drug-likeness (QED) is 0.646. The standard InChI is InChI=1S/C8H5BrF2O2/c9-3-6(13)4-1-2-5(12)8(11)7(4)10/h1-2,12H,3H2. The number of ketones is 1. The maximum absolute atomic E-state index is 12.9. The first kappa shape index (κ1) is 10.1. The van der Waals surface area contributed by atoms with Gasteiger partial charge in [-0.05, 0) is 12.1 Å². The minimum absolute atomic E-state index is 0.0892. The second kappa shape index (κ2) is 3.83. The Kier molecular flexibility index (Phi) is 2.98. The molecule has 0 aliphatic heterocycles. The highest BCUT2D eigenvalue weighted by Gasteiger charge is 2.16. The van der Waals surface area contributed by atoms with Crippen molar-refractivity contribution >= 4 is 21.7 Å². The Bertz CT molecular complexity index is 352. The van der Waals surface area contributed by atoms with Gasteiger partial charge in [0.1, 0.15) is 0 Å². The van der Waals surface area contributed by atoms with Gasteiger partial charge in [-0.1, -0.05) is 15.9 Å². The van der Waals surface area contributed by atoms with Crippen LogP contribution in [0.4, 0.5) is 8.78 Å². The Hall–Kier alpha value is -0.970. The predicted molar refractivity (Wildman–Crippen MR) is 46.1 cm³/mol. The molecule has 0 atom stereocenters. The van der Waals surface area contributed by atoms with Gasteiger partial charge in [0.2, 0.25) is 5.82 Å². The van der Waals surface area contributed by atoms with Gasteiger partial charge < -0.3 is 5.11 Å². The van der Waals surface area contributed by atoms with Crippen molar-refractivity contribution in [3.63, 3.8) is 0 Å². The van der Waals surface area contributed by atoms with Crippen molar-refractivity contribution in [1.29, 1.82) is 0 Å². The van der Waals surface area contributed by atoms with Crippen LogP contribution >= 0.6 is 15.9 Å². The van der Waals surface area contributed by atoms with Crippen LogP contribution in [0.2, 0.25) is 0 Å². The number of hydrogen-bond donors (Lipinski definition) is 1. The summed E-state index contributed by atoms with van der Waals surface area (Å²) >= 11 is 2.83. The highest BCUT2D eigenvalue weighted by atomic mass is 79.9. The monoisotopic (exact) mass is 250 g/mol. The van der Waals surface area contributed by atoms with Gasteiger partial charge in [-0.2, -0.15) is 4.39 Å². The average Bonchev–Trinajstić information content (AvgIpc) is 2.13. The fourth-order valence-electron chi connectivity index (χ4n) is 0.827. The number of phenolic OH excluding ortho intramolecular Hbond substituents is 1. The molecular formula is C8H5BrF2O2. The van der Waals surface area contributed by atoms with Gasteiger partial charge in [-0.15, -0.1) is 0 Å². The summed E-state index contributed by atoms with van der Waals surface area (Å²) in [6, 6.07) is 1.98. The third-order valence-electron chi connectivity index (χ3n) is 1.48. The summed E-state index contributed by atoms with van der Waals surface area (Å²) in [5, 5.41) is 8.65. The summed E-state index contributed by atoms with van der Waals surface area (Å²) in [5.74, 6) is -4.09. The number of carbonyl (C=O) groups is 1. The van der Waals surface area contributed by atoms with E-state index in [2.05, 4.69) is 15.9 Å². The normalized spacial score (nSPS) is 10.1. The van der Waals surface area contributed by atoms with E-state index in [0.29, 0.717) is 0 Å². The summed E-state index contributed by atoms with van der Waals surface area (Å²) in [6.07, 6.45) is 0. The third-order valence-corrected chi connectivity index (χ3v) is 1.99. The molecule has 0 aliphatic rings. The number of carbonyl (C=O) groups excluding carboxylic acids is 1. The smallest absolute Gasteiger partial charge is 0.201 e. The van der Waals surface area contributed by atoms with Gasteiger partial charge in [0.15, 0.2) is 17.3 Å². The van der Waals surface area contributed by atoms with E-state index in [1.54, 1.807) is 0 Å². The topological polar surface area (TPSA) is 37.3 Å². The third kappa shape index (κ3) is 1.85. The first-order valence-electron chi connectivity index (χ1n) is 3.34. The van der Waals surface area contributed by atoms with Gasteiger partial charge in [-0.3, -0.25) is 4.79 Å². The van der Waals surface area contributed by atoms with Crippen LogP contribution in [-0.4, -0.2) is 16.2 Å². The van der Waals surface area contributed by atoms with Gasteiger partial charge in [0, 0.05) is 0 Å². The lowest BCUT2D eigenvalue weighted by Crippen LogP contribution is -2.05. The summed E-state index contributed by atoms with van der Waals surface area (Å²) in [7, 11) is 0. The highest BCUT2D eigenvalue weighted by Crippen LogP contribution is 2.21. The van der Waals surface area contributed by atoms with E-state index in [-0.39, 0.29) is 10.9 Å². The van der Waals surface area contributed by atoms with E-state index in [0.717, 1.165) is 12.1 Å². The van der Waals surface area contributed by atoms with Crippen LogP contribution in [-0.2, 0) is 0 Å². The molecule has 0 spiro atoms. The molecule has 0 unspecified atom stereocenters. The Morgan fingerprint density at radius 3 is 2.54 bits per heavy atom. The van der Waals surface area contributed by atoms with Crippen LogP contribution in [0.3, 0.4) is 0 Å². The number of halogens is 3. The van der Waals surface area contributed by atoms with Crippen LogP contribution < -0.4 is 0 Å². The molecule has 0 amide bonds. The molecule has 0 fully saturated rings. The van der Waals surface area contributed by atoms with Crippen molar-refractivity contribution in [2.75, 3.05) is 5.33 Å². The van der Waals surface area contributed by atoms with Crippen LogP contribution in [0.5, 0.6) is 5.75 Å². The van der Waals surface area contributed by atoms with Gasteiger partial charge in [-0.25, -0.2) is 4.39 Å². The van der Waals surface area contributed by atoms with Crippen LogP contribution in [0.1, 0.15) is 10.4 Å². The second-order valence-electron chi connectivity index (χ2n) is 2.32. The molecular weight excluding hydrogens is 246 g/mol. The molecule has 1 aromatic carbocycles.